The highest BCUT2D eigenvalue weighted by molar-refractivity contribution is 9.11. The first kappa shape index (κ1) is 30.2. The third-order valence-electron chi connectivity index (χ3n) is 6.41. The van der Waals surface area contributed by atoms with Crippen LogP contribution in [0.5, 0.6) is 11.5 Å². The highest BCUT2D eigenvalue weighted by Gasteiger charge is 2.17. The van der Waals surface area contributed by atoms with Gasteiger partial charge in [0.15, 0.2) is 11.5 Å². The minimum Gasteiger partial charge on any atom is -0.490 e. The third-order valence-corrected chi connectivity index (χ3v) is 8.14. The molecule has 0 fully saturated rings. The Morgan fingerprint density at radius 1 is 1.02 bits per heavy atom. The summed E-state index contributed by atoms with van der Waals surface area (Å²) in [5.41, 5.74) is 3.13. The highest BCUT2D eigenvalue weighted by atomic mass is 79.9. The average molecular weight is 732 g/mol. The van der Waals surface area contributed by atoms with E-state index in [2.05, 4.69) is 66.4 Å². The van der Waals surface area contributed by atoms with Crippen molar-refractivity contribution in [1.29, 1.82) is 0 Å². The van der Waals surface area contributed by atoms with E-state index in [4.69, 9.17) is 14.5 Å². The van der Waals surface area contributed by atoms with Crippen LogP contribution in [0.4, 0.5) is 0 Å². The molecule has 208 valence electrons. The fraction of sp³-hybridized carbons (Fsp3) is 0.258. The maximum absolute atomic E-state index is 13.5. The van der Waals surface area contributed by atoms with Gasteiger partial charge in [0.05, 0.1) is 23.7 Å². The maximum Gasteiger partial charge on any atom is 0.282 e. The lowest BCUT2D eigenvalue weighted by Gasteiger charge is -2.17. The molecule has 9 heteroatoms. The maximum atomic E-state index is 13.5. The van der Waals surface area contributed by atoms with Crippen LogP contribution in [-0.4, -0.2) is 22.5 Å². The normalized spacial score (nSPS) is 12.2. The quantitative estimate of drug-likeness (QED) is 0.114. The van der Waals surface area contributed by atoms with Crippen molar-refractivity contribution in [2.45, 2.75) is 46.1 Å². The number of hydrogen-bond acceptors (Lipinski definition) is 5. The molecule has 40 heavy (non-hydrogen) atoms. The van der Waals surface area contributed by atoms with Gasteiger partial charge in [-0.15, -0.1) is 6.58 Å². The van der Waals surface area contributed by atoms with E-state index in [0.29, 0.717) is 47.9 Å². The molecular weight excluding hydrogens is 702 g/mol. The molecule has 0 N–H and O–H groups in total. The van der Waals surface area contributed by atoms with Gasteiger partial charge in [-0.05, 0) is 67.8 Å². The first-order valence-corrected chi connectivity index (χ1v) is 15.4. The lowest BCUT2D eigenvalue weighted by atomic mass is 10.1. The Bertz CT molecular complexity index is 1630. The Morgan fingerprint density at radius 2 is 1.77 bits per heavy atom. The van der Waals surface area contributed by atoms with Gasteiger partial charge in [-0.1, -0.05) is 73.8 Å². The number of ether oxygens (including phenoxy) is 2. The topological polar surface area (TPSA) is 65.7 Å². The van der Waals surface area contributed by atoms with E-state index in [1.54, 1.807) is 12.3 Å². The average Bonchev–Trinajstić information content (AvgIpc) is 2.93. The third kappa shape index (κ3) is 6.93. The van der Waals surface area contributed by atoms with Gasteiger partial charge in [0, 0.05) is 30.5 Å². The molecule has 0 bridgehead atoms. The zero-order chi connectivity index (χ0) is 28.8. The lowest BCUT2D eigenvalue weighted by molar-refractivity contribution is 0.266. The monoisotopic (exact) mass is 729 g/mol. The van der Waals surface area contributed by atoms with Crippen molar-refractivity contribution in [2.75, 3.05) is 6.61 Å². The Hall–Kier alpha value is -2.75. The van der Waals surface area contributed by atoms with Crippen LogP contribution in [0.3, 0.4) is 0 Å². The molecule has 0 unspecified atom stereocenters. The van der Waals surface area contributed by atoms with E-state index in [1.807, 2.05) is 62.4 Å². The minimum atomic E-state index is -0.214. The lowest BCUT2D eigenvalue weighted by Crippen LogP contribution is -2.23. The number of aromatic nitrogens is 2. The van der Waals surface area contributed by atoms with Crippen LogP contribution in [-0.2, 0) is 13.0 Å². The molecule has 1 heterocycles. The first-order chi connectivity index (χ1) is 19.2. The van der Waals surface area contributed by atoms with Crippen molar-refractivity contribution in [3.63, 3.8) is 0 Å². The summed E-state index contributed by atoms with van der Waals surface area (Å²) in [6.45, 7) is 10.8. The number of halogens is 3. The van der Waals surface area contributed by atoms with Gasteiger partial charge in [-0.3, -0.25) is 4.79 Å². The summed E-state index contributed by atoms with van der Waals surface area (Å²) in [7, 11) is 0. The summed E-state index contributed by atoms with van der Waals surface area (Å²) in [4.78, 5) is 18.3. The van der Waals surface area contributed by atoms with Crippen molar-refractivity contribution in [1.82, 2.24) is 9.66 Å². The van der Waals surface area contributed by atoms with Gasteiger partial charge in [-0.2, -0.15) is 9.78 Å². The molecule has 0 aliphatic carbocycles. The smallest absolute Gasteiger partial charge is 0.282 e. The summed E-state index contributed by atoms with van der Waals surface area (Å²) in [6.07, 6.45) is 4.89. The molecule has 0 radical (unpaired) electrons. The molecule has 1 aromatic heterocycles. The summed E-state index contributed by atoms with van der Waals surface area (Å²) >= 11 is 10.6. The number of hydrogen-bond donors (Lipinski definition) is 0. The number of allylic oxidation sites excluding steroid dienone is 1. The van der Waals surface area contributed by atoms with Crippen LogP contribution in [0.2, 0.25) is 0 Å². The molecule has 0 spiro atoms. The Balaban J connectivity index is 1.77. The summed E-state index contributed by atoms with van der Waals surface area (Å²) in [5, 5.41) is 5.14. The Morgan fingerprint density at radius 3 is 2.48 bits per heavy atom. The molecule has 0 amide bonds. The standard InChI is InChI=1S/C31H30Br3N3O3/c1-5-8-21-13-20(14-28(39-7-3)29(21)40-18-22-9-10-24(33)16-26(22)34)17-35-37-30(19(4)6-2)36-27-12-11-23(32)15-25(27)31(37)38/h5,9-17,19H,1,6-8,18H2,2-4H3/t19-/m0/s1. The van der Waals surface area contributed by atoms with E-state index in [-0.39, 0.29) is 11.5 Å². The molecule has 0 saturated carbocycles. The van der Waals surface area contributed by atoms with Gasteiger partial charge in [0.2, 0.25) is 0 Å². The fourth-order valence-corrected chi connectivity index (χ4v) is 5.71. The number of nitrogens with zero attached hydrogens (tertiary/aromatic N) is 3. The Kier molecular flexibility index (Phi) is 10.4. The van der Waals surface area contributed by atoms with E-state index in [0.717, 1.165) is 36.5 Å². The highest BCUT2D eigenvalue weighted by Crippen LogP contribution is 2.35. The molecular formula is C31H30Br3N3O3. The van der Waals surface area contributed by atoms with Crippen molar-refractivity contribution < 1.29 is 9.47 Å². The van der Waals surface area contributed by atoms with Crippen LogP contribution in [0.1, 0.15) is 55.6 Å². The predicted molar refractivity (Wildman–Crippen MR) is 173 cm³/mol. The van der Waals surface area contributed by atoms with Crippen LogP contribution >= 0.6 is 47.8 Å². The van der Waals surface area contributed by atoms with Crippen molar-refractivity contribution in [2.24, 2.45) is 5.10 Å². The summed E-state index contributed by atoms with van der Waals surface area (Å²) in [6, 6.07) is 15.4. The molecule has 0 aliphatic heterocycles. The van der Waals surface area contributed by atoms with Crippen LogP contribution < -0.4 is 15.0 Å². The van der Waals surface area contributed by atoms with Gasteiger partial charge >= 0.3 is 0 Å². The van der Waals surface area contributed by atoms with E-state index in [9.17, 15) is 4.79 Å². The van der Waals surface area contributed by atoms with Crippen LogP contribution in [0.25, 0.3) is 10.9 Å². The first-order valence-electron chi connectivity index (χ1n) is 13.0. The second kappa shape index (κ2) is 13.7. The number of fused-ring (bicyclic) bond motifs is 1. The van der Waals surface area contributed by atoms with E-state index >= 15 is 0 Å². The predicted octanol–water partition coefficient (Wildman–Crippen LogP) is 8.79. The molecule has 1 atom stereocenters. The molecule has 6 nitrogen and oxygen atoms in total. The van der Waals surface area contributed by atoms with Gasteiger partial charge in [0.1, 0.15) is 12.4 Å². The largest absolute Gasteiger partial charge is 0.490 e. The van der Waals surface area contributed by atoms with Gasteiger partial charge in [-0.25, -0.2) is 4.98 Å². The van der Waals surface area contributed by atoms with Gasteiger partial charge < -0.3 is 9.47 Å². The van der Waals surface area contributed by atoms with E-state index in [1.165, 1.54) is 4.68 Å². The minimum absolute atomic E-state index is 0.0434. The van der Waals surface area contributed by atoms with Gasteiger partial charge in [0.25, 0.3) is 5.56 Å². The van der Waals surface area contributed by atoms with Crippen molar-refractivity contribution in [3.05, 3.63) is 107 Å². The fourth-order valence-electron chi connectivity index (χ4n) is 4.18. The molecule has 0 saturated heterocycles. The number of benzene rings is 3. The Labute approximate surface area is 259 Å². The zero-order valence-electron chi connectivity index (χ0n) is 22.6. The second-order valence-electron chi connectivity index (χ2n) is 9.26. The van der Waals surface area contributed by atoms with Crippen molar-refractivity contribution in [3.8, 4) is 11.5 Å². The summed E-state index contributed by atoms with van der Waals surface area (Å²) < 4.78 is 16.5. The molecule has 3 aromatic carbocycles. The molecule has 0 aliphatic rings. The van der Waals surface area contributed by atoms with Crippen molar-refractivity contribution >= 4 is 64.9 Å². The summed E-state index contributed by atoms with van der Waals surface area (Å²) in [5.74, 6) is 1.92. The molecule has 4 rings (SSSR count). The van der Waals surface area contributed by atoms with Crippen LogP contribution in [0, 0.1) is 0 Å². The SMILES string of the molecule is C=CCc1cc(C=Nn2c([C@@H](C)CC)nc3ccc(Br)cc3c2=O)cc(OCC)c1OCc1ccc(Br)cc1Br. The number of rotatable bonds is 11. The van der Waals surface area contributed by atoms with Crippen LogP contribution in [0.15, 0.2) is 84.5 Å². The molecule has 4 aromatic rings. The zero-order valence-corrected chi connectivity index (χ0v) is 27.3. The second-order valence-corrected chi connectivity index (χ2v) is 11.9. The van der Waals surface area contributed by atoms with E-state index < -0.39 is 0 Å².